The second kappa shape index (κ2) is 5.21. The number of hydrogen-bond donors (Lipinski definition) is 0. The van der Waals surface area contributed by atoms with Crippen LogP contribution in [0.2, 0.25) is 0 Å². The molecule has 0 aliphatic heterocycles. The van der Waals surface area contributed by atoms with Gasteiger partial charge in [-0.2, -0.15) is 0 Å². The lowest BCUT2D eigenvalue weighted by Crippen LogP contribution is -2.31. The first-order chi connectivity index (χ1) is 8.19. The zero-order valence-electron chi connectivity index (χ0n) is 10.3. The number of rotatable bonds is 4. The van der Waals surface area contributed by atoms with Crippen molar-refractivity contribution in [1.82, 2.24) is 0 Å². The lowest BCUT2D eigenvalue weighted by molar-refractivity contribution is 0.0522. The van der Waals surface area contributed by atoms with Crippen molar-refractivity contribution in [3.05, 3.63) is 29.8 Å². The molecule has 3 nitrogen and oxygen atoms in total. The summed E-state index contributed by atoms with van der Waals surface area (Å²) in [6.07, 6.45) is 2.51. The fraction of sp³-hybridized carbons (Fsp3) is 0.500. The Bertz CT molecular complexity index is 394. The van der Waals surface area contributed by atoms with Gasteiger partial charge in [-0.1, -0.05) is 13.0 Å². The Morgan fingerprint density at radius 3 is 2.82 bits per heavy atom. The number of benzene rings is 1. The van der Waals surface area contributed by atoms with Crippen LogP contribution in [0.1, 0.15) is 37.0 Å². The summed E-state index contributed by atoms with van der Waals surface area (Å²) >= 11 is 0. The van der Waals surface area contributed by atoms with Crippen LogP contribution < -0.4 is 4.74 Å². The smallest absolute Gasteiger partial charge is 0.338 e. The van der Waals surface area contributed by atoms with Crippen molar-refractivity contribution in [2.45, 2.75) is 32.8 Å². The van der Waals surface area contributed by atoms with E-state index in [1.807, 2.05) is 12.1 Å². The normalized spacial score (nSPS) is 22.7. The summed E-state index contributed by atoms with van der Waals surface area (Å²) in [6.45, 7) is 4.41. The summed E-state index contributed by atoms with van der Waals surface area (Å²) in [6, 6.07) is 7.20. The van der Waals surface area contributed by atoms with Gasteiger partial charge in [0.05, 0.1) is 18.3 Å². The lowest BCUT2D eigenvalue weighted by Gasteiger charge is -2.32. The Morgan fingerprint density at radius 2 is 2.18 bits per heavy atom. The fourth-order valence-corrected chi connectivity index (χ4v) is 2.03. The molecule has 0 spiro atoms. The van der Waals surface area contributed by atoms with Crippen molar-refractivity contribution < 1.29 is 14.3 Å². The van der Waals surface area contributed by atoms with Crippen LogP contribution in [-0.4, -0.2) is 18.7 Å². The van der Waals surface area contributed by atoms with Crippen LogP contribution in [0.15, 0.2) is 24.3 Å². The minimum atomic E-state index is -0.292. The molecule has 1 aromatic rings. The first-order valence-electron chi connectivity index (χ1n) is 6.13. The lowest BCUT2D eigenvalue weighted by atomic mass is 9.84. The minimum absolute atomic E-state index is 0.292. The first kappa shape index (κ1) is 12.0. The molecule has 0 atom stereocenters. The third-order valence-corrected chi connectivity index (χ3v) is 2.98. The molecule has 0 N–H and O–H groups in total. The molecule has 0 amide bonds. The van der Waals surface area contributed by atoms with E-state index in [1.165, 1.54) is 0 Å². The molecular formula is C14H18O3. The quantitative estimate of drug-likeness (QED) is 0.751. The Morgan fingerprint density at radius 1 is 1.41 bits per heavy atom. The Labute approximate surface area is 102 Å². The Balaban J connectivity index is 1.98. The standard InChI is InChI=1S/C14H18O3/c1-3-16-14(15)11-5-4-6-12(9-11)17-13-7-10(2)8-13/h4-6,9-10,13H,3,7-8H2,1-2H3. The maximum atomic E-state index is 11.5. The maximum Gasteiger partial charge on any atom is 0.338 e. The van der Waals surface area contributed by atoms with Gasteiger partial charge in [-0.25, -0.2) is 4.79 Å². The molecule has 1 aliphatic carbocycles. The zero-order chi connectivity index (χ0) is 12.3. The van der Waals surface area contributed by atoms with Gasteiger partial charge in [0.2, 0.25) is 0 Å². The third kappa shape index (κ3) is 2.99. The van der Waals surface area contributed by atoms with Gasteiger partial charge in [0, 0.05) is 0 Å². The average molecular weight is 234 g/mol. The molecule has 2 rings (SSSR count). The van der Waals surface area contributed by atoms with E-state index in [4.69, 9.17) is 9.47 Å². The van der Waals surface area contributed by atoms with E-state index in [-0.39, 0.29) is 5.97 Å². The van der Waals surface area contributed by atoms with Crippen LogP contribution in [0, 0.1) is 5.92 Å². The van der Waals surface area contributed by atoms with Gasteiger partial charge in [0.1, 0.15) is 5.75 Å². The first-order valence-corrected chi connectivity index (χ1v) is 6.13. The van der Waals surface area contributed by atoms with E-state index in [0.29, 0.717) is 18.3 Å². The molecular weight excluding hydrogens is 216 g/mol. The van der Waals surface area contributed by atoms with E-state index in [2.05, 4.69) is 6.92 Å². The predicted molar refractivity (Wildman–Crippen MR) is 65.2 cm³/mol. The Hall–Kier alpha value is -1.51. The van der Waals surface area contributed by atoms with Crippen LogP contribution in [0.25, 0.3) is 0 Å². The van der Waals surface area contributed by atoms with Gasteiger partial charge < -0.3 is 9.47 Å². The SMILES string of the molecule is CCOC(=O)c1cccc(OC2CC(C)C2)c1. The van der Waals surface area contributed by atoms with Crippen LogP contribution in [0.4, 0.5) is 0 Å². The molecule has 0 heterocycles. The number of ether oxygens (including phenoxy) is 2. The van der Waals surface area contributed by atoms with Crippen molar-refractivity contribution in [3.63, 3.8) is 0 Å². The summed E-state index contributed by atoms with van der Waals surface area (Å²) in [4.78, 5) is 11.5. The largest absolute Gasteiger partial charge is 0.490 e. The van der Waals surface area contributed by atoms with E-state index in [9.17, 15) is 4.79 Å². The van der Waals surface area contributed by atoms with Crippen LogP contribution >= 0.6 is 0 Å². The molecule has 3 heteroatoms. The van der Waals surface area contributed by atoms with E-state index < -0.39 is 0 Å². The predicted octanol–water partition coefficient (Wildman–Crippen LogP) is 3.04. The molecule has 92 valence electrons. The van der Waals surface area contributed by atoms with Gasteiger partial charge in [-0.05, 0) is 43.9 Å². The molecule has 0 saturated heterocycles. The van der Waals surface area contributed by atoms with Crippen LogP contribution in [-0.2, 0) is 4.74 Å². The summed E-state index contributed by atoms with van der Waals surface area (Å²) in [7, 11) is 0. The monoisotopic (exact) mass is 234 g/mol. The summed E-state index contributed by atoms with van der Waals surface area (Å²) in [5.74, 6) is 1.22. The van der Waals surface area contributed by atoms with Gasteiger partial charge in [-0.3, -0.25) is 0 Å². The number of esters is 1. The summed E-state index contributed by atoms with van der Waals surface area (Å²) < 4.78 is 10.7. The van der Waals surface area contributed by atoms with E-state index in [0.717, 1.165) is 24.5 Å². The topological polar surface area (TPSA) is 35.5 Å². The molecule has 1 saturated carbocycles. The highest BCUT2D eigenvalue weighted by Gasteiger charge is 2.27. The van der Waals surface area contributed by atoms with Crippen molar-refractivity contribution in [2.24, 2.45) is 5.92 Å². The fourth-order valence-electron chi connectivity index (χ4n) is 2.03. The third-order valence-electron chi connectivity index (χ3n) is 2.98. The minimum Gasteiger partial charge on any atom is -0.490 e. The molecule has 0 aromatic heterocycles. The van der Waals surface area contributed by atoms with E-state index in [1.54, 1.807) is 19.1 Å². The average Bonchev–Trinajstić information content (AvgIpc) is 2.28. The highest BCUT2D eigenvalue weighted by Crippen LogP contribution is 2.30. The highest BCUT2D eigenvalue weighted by molar-refractivity contribution is 5.89. The van der Waals surface area contributed by atoms with E-state index >= 15 is 0 Å². The summed E-state index contributed by atoms with van der Waals surface area (Å²) in [5.41, 5.74) is 0.553. The van der Waals surface area contributed by atoms with Gasteiger partial charge >= 0.3 is 5.97 Å². The molecule has 1 aromatic carbocycles. The number of carbonyl (C=O) groups excluding carboxylic acids is 1. The highest BCUT2D eigenvalue weighted by atomic mass is 16.5. The Kier molecular flexibility index (Phi) is 3.67. The molecule has 17 heavy (non-hydrogen) atoms. The second-order valence-corrected chi connectivity index (χ2v) is 4.56. The maximum absolute atomic E-state index is 11.5. The molecule has 0 radical (unpaired) electrons. The molecule has 1 aliphatic rings. The second-order valence-electron chi connectivity index (χ2n) is 4.56. The molecule has 0 unspecified atom stereocenters. The zero-order valence-corrected chi connectivity index (χ0v) is 10.3. The van der Waals surface area contributed by atoms with Crippen LogP contribution in [0.3, 0.4) is 0 Å². The van der Waals surface area contributed by atoms with Crippen molar-refractivity contribution in [3.8, 4) is 5.75 Å². The molecule has 1 fully saturated rings. The molecule has 0 bridgehead atoms. The van der Waals surface area contributed by atoms with Crippen molar-refractivity contribution in [1.29, 1.82) is 0 Å². The van der Waals surface area contributed by atoms with Gasteiger partial charge in [0.15, 0.2) is 0 Å². The van der Waals surface area contributed by atoms with Crippen molar-refractivity contribution in [2.75, 3.05) is 6.61 Å². The number of carbonyl (C=O) groups is 1. The van der Waals surface area contributed by atoms with Gasteiger partial charge in [-0.15, -0.1) is 0 Å². The van der Waals surface area contributed by atoms with Crippen molar-refractivity contribution >= 4 is 5.97 Å². The summed E-state index contributed by atoms with van der Waals surface area (Å²) in [5, 5.41) is 0. The number of hydrogen-bond acceptors (Lipinski definition) is 3. The van der Waals surface area contributed by atoms with Crippen LogP contribution in [0.5, 0.6) is 5.75 Å². The van der Waals surface area contributed by atoms with Gasteiger partial charge in [0.25, 0.3) is 0 Å².